The lowest BCUT2D eigenvalue weighted by Crippen LogP contribution is -2.19. The summed E-state index contributed by atoms with van der Waals surface area (Å²) in [5.41, 5.74) is 6.24. The summed E-state index contributed by atoms with van der Waals surface area (Å²) >= 11 is 0. The number of primary amides is 1. The number of amides is 2. The van der Waals surface area contributed by atoms with Crippen LogP contribution in [0.15, 0.2) is 28.7 Å². The van der Waals surface area contributed by atoms with Crippen molar-refractivity contribution in [3.05, 3.63) is 30.2 Å². The van der Waals surface area contributed by atoms with E-state index in [0.29, 0.717) is 23.0 Å². The molecule has 6 nitrogen and oxygen atoms in total. The van der Waals surface area contributed by atoms with Crippen LogP contribution in [0.2, 0.25) is 0 Å². The molecule has 0 saturated heterocycles. The molecule has 0 atom stereocenters. The van der Waals surface area contributed by atoms with Crippen LogP contribution in [0.4, 0.5) is 10.5 Å². The van der Waals surface area contributed by atoms with Crippen molar-refractivity contribution in [3.63, 3.8) is 0 Å². The van der Waals surface area contributed by atoms with Crippen molar-refractivity contribution in [1.29, 1.82) is 0 Å². The molecule has 16 heavy (non-hydrogen) atoms. The van der Waals surface area contributed by atoms with Gasteiger partial charge in [-0.2, -0.15) is 0 Å². The van der Waals surface area contributed by atoms with E-state index in [0.717, 1.165) is 0 Å². The molecular formula is C10H10N4O2. The van der Waals surface area contributed by atoms with E-state index in [1.54, 1.807) is 31.2 Å². The zero-order valence-electron chi connectivity index (χ0n) is 8.60. The van der Waals surface area contributed by atoms with Crippen molar-refractivity contribution >= 4 is 11.7 Å². The number of nitrogens with zero attached hydrogens (tertiary/aromatic N) is 2. The Hall–Kier alpha value is -2.37. The van der Waals surface area contributed by atoms with E-state index < -0.39 is 6.03 Å². The fraction of sp³-hybridized carbons (Fsp3) is 0.100. The predicted molar refractivity (Wildman–Crippen MR) is 57.7 cm³/mol. The molecule has 0 saturated carbocycles. The maximum absolute atomic E-state index is 10.8. The highest BCUT2D eigenvalue weighted by Gasteiger charge is 2.11. The maximum atomic E-state index is 10.8. The average Bonchev–Trinajstić information content (AvgIpc) is 2.65. The zero-order chi connectivity index (χ0) is 11.5. The van der Waals surface area contributed by atoms with Gasteiger partial charge in [-0.25, -0.2) is 4.79 Å². The fourth-order valence-electron chi connectivity index (χ4n) is 1.32. The molecule has 2 aromatic rings. The SMILES string of the molecule is Cc1nnc(-c2ccccc2NC(N)=O)o1. The molecule has 6 heteroatoms. The molecule has 0 aliphatic rings. The summed E-state index contributed by atoms with van der Waals surface area (Å²) in [6, 6.07) is 6.42. The highest BCUT2D eigenvalue weighted by molar-refractivity contribution is 5.92. The number of carbonyl (C=O) groups is 1. The lowest BCUT2D eigenvalue weighted by molar-refractivity contribution is 0.259. The van der Waals surface area contributed by atoms with Crippen molar-refractivity contribution in [2.75, 3.05) is 5.32 Å². The van der Waals surface area contributed by atoms with Gasteiger partial charge < -0.3 is 15.5 Å². The lowest BCUT2D eigenvalue weighted by atomic mass is 10.2. The van der Waals surface area contributed by atoms with Crippen LogP contribution in [-0.4, -0.2) is 16.2 Å². The van der Waals surface area contributed by atoms with E-state index in [4.69, 9.17) is 10.2 Å². The first-order valence-corrected chi connectivity index (χ1v) is 4.63. The lowest BCUT2D eigenvalue weighted by Gasteiger charge is -2.05. The third kappa shape index (κ3) is 2.00. The minimum Gasteiger partial charge on any atom is -0.421 e. The highest BCUT2D eigenvalue weighted by Crippen LogP contribution is 2.26. The van der Waals surface area contributed by atoms with Crippen LogP contribution in [0.3, 0.4) is 0 Å². The Labute approximate surface area is 91.5 Å². The summed E-state index contributed by atoms with van der Waals surface area (Å²) in [6.07, 6.45) is 0. The first kappa shape index (κ1) is 10.2. The quantitative estimate of drug-likeness (QED) is 0.799. The number of urea groups is 1. The molecule has 2 amide bonds. The topological polar surface area (TPSA) is 94.0 Å². The van der Waals surface area contributed by atoms with Crippen LogP contribution in [0.1, 0.15) is 5.89 Å². The Bertz CT molecular complexity index is 521. The number of para-hydroxylation sites is 1. The van der Waals surface area contributed by atoms with Gasteiger partial charge in [-0.3, -0.25) is 0 Å². The number of hydrogen-bond acceptors (Lipinski definition) is 4. The van der Waals surface area contributed by atoms with E-state index in [-0.39, 0.29) is 0 Å². The standard InChI is InChI=1S/C10H10N4O2/c1-6-13-14-9(16-6)7-4-2-3-5-8(7)12-10(11)15/h2-5H,1H3,(H3,11,12,15). The second-order valence-electron chi connectivity index (χ2n) is 3.16. The third-order valence-electron chi connectivity index (χ3n) is 1.94. The molecule has 1 heterocycles. The van der Waals surface area contributed by atoms with Gasteiger partial charge in [-0.05, 0) is 12.1 Å². The van der Waals surface area contributed by atoms with Crippen LogP contribution in [-0.2, 0) is 0 Å². The molecule has 1 aromatic carbocycles. The monoisotopic (exact) mass is 218 g/mol. The van der Waals surface area contributed by atoms with Gasteiger partial charge in [0, 0.05) is 6.92 Å². The Kier molecular flexibility index (Phi) is 2.55. The van der Waals surface area contributed by atoms with E-state index in [9.17, 15) is 4.79 Å². The predicted octanol–water partition coefficient (Wildman–Crippen LogP) is 1.54. The first-order chi connectivity index (χ1) is 7.66. The molecule has 0 radical (unpaired) electrons. The number of hydrogen-bond donors (Lipinski definition) is 2. The molecule has 0 fully saturated rings. The van der Waals surface area contributed by atoms with Crippen molar-refractivity contribution in [2.45, 2.75) is 6.92 Å². The number of benzene rings is 1. The van der Waals surface area contributed by atoms with Crippen molar-refractivity contribution in [3.8, 4) is 11.5 Å². The van der Waals surface area contributed by atoms with E-state index in [1.165, 1.54) is 0 Å². The highest BCUT2D eigenvalue weighted by atomic mass is 16.4. The summed E-state index contributed by atoms with van der Waals surface area (Å²) in [6.45, 7) is 1.70. The fourth-order valence-corrected chi connectivity index (χ4v) is 1.32. The van der Waals surface area contributed by atoms with E-state index >= 15 is 0 Å². The largest absolute Gasteiger partial charge is 0.421 e. The van der Waals surface area contributed by atoms with Crippen LogP contribution < -0.4 is 11.1 Å². The van der Waals surface area contributed by atoms with Crippen molar-refractivity contribution in [2.24, 2.45) is 5.73 Å². The summed E-state index contributed by atoms with van der Waals surface area (Å²) in [5.74, 6) is 0.811. The summed E-state index contributed by atoms with van der Waals surface area (Å²) in [4.78, 5) is 10.8. The van der Waals surface area contributed by atoms with E-state index in [2.05, 4.69) is 15.5 Å². The second kappa shape index (κ2) is 4.01. The van der Waals surface area contributed by atoms with Gasteiger partial charge in [0.05, 0.1) is 11.3 Å². The molecule has 3 N–H and O–H groups in total. The van der Waals surface area contributed by atoms with Crippen LogP contribution in [0.25, 0.3) is 11.5 Å². The number of rotatable bonds is 2. The molecule has 1 aromatic heterocycles. The normalized spacial score (nSPS) is 10.1. The molecule has 2 rings (SSSR count). The van der Waals surface area contributed by atoms with Crippen LogP contribution in [0.5, 0.6) is 0 Å². The smallest absolute Gasteiger partial charge is 0.316 e. The number of aromatic nitrogens is 2. The number of carbonyl (C=O) groups excluding carboxylic acids is 1. The maximum Gasteiger partial charge on any atom is 0.316 e. The molecule has 0 spiro atoms. The molecule has 0 unspecified atom stereocenters. The van der Waals surface area contributed by atoms with Gasteiger partial charge in [0.15, 0.2) is 0 Å². The summed E-state index contributed by atoms with van der Waals surface area (Å²) < 4.78 is 5.28. The molecule has 0 aliphatic heterocycles. The number of aryl methyl sites for hydroxylation is 1. The second-order valence-corrected chi connectivity index (χ2v) is 3.16. The van der Waals surface area contributed by atoms with Crippen LogP contribution >= 0.6 is 0 Å². The van der Waals surface area contributed by atoms with Crippen LogP contribution in [0, 0.1) is 6.92 Å². The Morgan fingerprint density at radius 2 is 2.12 bits per heavy atom. The Morgan fingerprint density at radius 3 is 2.75 bits per heavy atom. The van der Waals surface area contributed by atoms with Gasteiger partial charge in [0.2, 0.25) is 11.8 Å². The minimum atomic E-state index is -0.635. The molecule has 0 bridgehead atoms. The third-order valence-corrected chi connectivity index (χ3v) is 1.94. The van der Waals surface area contributed by atoms with Gasteiger partial charge in [0.25, 0.3) is 0 Å². The number of nitrogens with one attached hydrogen (secondary N) is 1. The van der Waals surface area contributed by atoms with Crippen molar-refractivity contribution < 1.29 is 9.21 Å². The van der Waals surface area contributed by atoms with Gasteiger partial charge >= 0.3 is 6.03 Å². The zero-order valence-corrected chi connectivity index (χ0v) is 8.60. The first-order valence-electron chi connectivity index (χ1n) is 4.63. The minimum absolute atomic E-state index is 0.349. The van der Waals surface area contributed by atoms with Gasteiger partial charge in [-0.15, -0.1) is 10.2 Å². The van der Waals surface area contributed by atoms with Gasteiger partial charge in [0.1, 0.15) is 0 Å². The molecule has 0 aliphatic carbocycles. The number of anilines is 1. The molecule has 82 valence electrons. The molecular weight excluding hydrogens is 208 g/mol. The van der Waals surface area contributed by atoms with Crippen molar-refractivity contribution in [1.82, 2.24) is 10.2 Å². The van der Waals surface area contributed by atoms with Gasteiger partial charge in [-0.1, -0.05) is 12.1 Å². The Balaban J connectivity index is 2.43. The summed E-state index contributed by atoms with van der Waals surface area (Å²) in [7, 11) is 0. The summed E-state index contributed by atoms with van der Waals surface area (Å²) in [5, 5.41) is 10.1. The Morgan fingerprint density at radius 1 is 1.38 bits per heavy atom. The number of nitrogens with two attached hydrogens (primary N) is 1. The average molecular weight is 218 g/mol. The van der Waals surface area contributed by atoms with E-state index in [1.807, 2.05) is 0 Å².